The number of likely N-dealkylation sites (N-methyl/N-ethyl adjacent to an activating group) is 1. The molecular formula is C21H19N3O6. The van der Waals surface area contributed by atoms with Crippen LogP contribution in [-0.2, 0) is 5.54 Å². The van der Waals surface area contributed by atoms with E-state index >= 15 is 0 Å². The van der Waals surface area contributed by atoms with Gasteiger partial charge in [-0.05, 0) is 7.05 Å². The highest BCUT2D eigenvalue weighted by Crippen LogP contribution is 2.53. The van der Waals surface area contributed by atoms with Gasteiger partial charge >= 0.3 is 5.54 Å². The van der Waals surface area contributed by atoms with Gasteiger partial charge in [-0.15, -0.1) is 0 Å². The van der Waals surface area contributed by atoms with Gasteiger partial charge in [-0.2, -0.15) is 0 Å². The molecule has 2 aromatic rings. The first-order valence-corrected chi connectivity index (χ1v) is 9.45. The Balaban J connectivity index is 1.98. The lowest BCUT2D eigenvalue weighted by Crippen LogP contribution is -2.75. The third kappa shape index (κ3) is 2.51. The Hall–Kier alpha value is -3.46. The van der Waals surface area contributed by atoms with Crippen LogP contribution in [0, 0.1) is 26.1 Å². The van der Waals surface area contributed by atoms with E-state index in [9.17, 15) is 29.8 Å². The van der Waals surface area contributed by atoms with Gasteiger partial charge in [0, 0.05) is 33.0 Å². The Morgan fingerprint density at radius 1 is 1.00 bits per heavy atom. The Kier molecular flexibility index (Phi) is 4.50. The first kappa shape index (κ1) is 19.8. The van der Waals surface area contributed by atoms with Crippen molar-refractivity contribution in [3.05, 3.63) is 91.5 Å². The number of nitro groups is 2. The van der Waals surface area contributed by atoms with Crippen LogP contribution in [0.5, 0.6) is 0 Å². The molecule has 0 aromatic heterocycles. The molecule has 4 rings (SSSR count). The van der Waals surface area contributed by atoms with Crippen LogP contribution in [0.25, 0.3) is 0 Å². The maximum atomic E-state index is 13.4. The highest BCUT2D eigenvalue weighted by molar-refractivity contribution is 6.07. The highest BCUT2D eigenvalue weighted by atomic mass is 16.6. The molecule has 2 bridgehead atoms. The Bertz CT molecular complexity index is 1070. The predicted molar refractivity (Wildman–Crippen MR) is 106 cm³/mol. The molecule has 1 aliphatic carbocycles. The third-order valence-corrected chi connectivity index (χ3v) is 6.34. The first-order valence-electron chi connectivity index (χ1n) is 9.45. The van der Waals surface area contributed by atoms with Crippen LogP contribution < -0.4 is 0 Å². The molecule has 0 saturated carbocycles. The Labute approximate surface area is 171 Å². The molecule has 1 saturated heterocycles. The minimum absolute atomic E-state index is 0.0117. The van der Waals surface area contributed by atoms with E-state index in [2.05, 4.69) is 0 Å². The van der Waals surface area contributed by atoms with Gasteiger partial charge in [-0.25, -0.2) is 0 Å². The summed E-state index contributed by atoms with van der Waals surface area (Å²) in [5, 5.41) is 24.9. The van der Waals surface area contributed by atoms with Crippen LogP contribution in [0.3, 0.4) is 0 Å². The summed E-state index contributed by atoms with van der Waals surface area (Å²) in [6, 6.07) is 14.1. The monoisotopic (exact) mass is 409 g/mol. The van der Waals surface area contributed by atoms with Gasteiger partial charge in [0.05, 0.1) is 13.1 Å². The number of hydrogen-bond acceptors (Lipinski definition) is 7. The van der Waals surface area contributed by atoms with Crippen molar-refractivity contribution in [2.24, 2.45) is 5.92 Å². The summed E-state index contributed by atoms with van der Waals surface area (Å²) in [7, 11) is 1.52. The SMILES string of the molecule is CN1C[C@]2([N+](=O)[O-])c3ccccc3C(=O)[C@]([N+](=O)[O-])(C1)[C@@H]2CC(=O)c1ccccc1. The number of carbonyl (C=O) groups is 2. The van der Waals surface area contributed by atoms with Crippen molar-refractivity contribution in [1.82, 2.24) is 4.90 Å². The van der Waals surface area contributed by atoms with E-state index in [1.807, 2.05) is 0 Å². The van der Waals surface area contributed by atoms with Crippen molar-refractivity contribution < 1.29 is 19.4 Å². The summed E-state index contributed by atoms with van der Waals surface area (Å²) < 4.78 is 0. The number of benzene rings is 2. The van der Waals surface area contributed by atoms with Gasteiger partial charge in [-0.3, -0.25) is 34.7 Å². The fraction of sp³-hybridized carbons (Fsp3) is 0.333. The van der Waals surface area contributed by atoms with Gasteiger partial charge in [0.25, 0.3) is 5.54 Å². The van der Waals surface area contributed by atoms with Crippen LogP contribution in [0.4, 0.5) is 0 Å². The molecule has 2 aromatic carbocycles. The summed E-state index contributed by atoms with van der Waals surface area (Å²) in [5.74, 6) is -2.66. The zero-order valence-electron chi connectivity index (χ0n) is 16.2. The topological polar surface area (TPSA) is 124 Å². The maximum Gasteiger partial charge on any atom is 0.306 e. The molecule has 0 radical (unpaired) electrons. The molecule has 1 fully saturated rings. The minimum Gasteiger partial charge on any atom is -0.294 e. The zero-order valence-corrected chi connectivity index (χ0v) is 16.2. The molecule has 30 heavy (non-hydrogen) atoms. The van der Waals surface area contributed by atoms with Crippen molar-refractivity contribution in [2.75, 3.05) is 20.1 Å². The van der Waals surface area contributed by atoms with E-state index in [4.69, 9.17) is 0 Å². The Morgan fingerprint density at radius 3 is 2.20 bits per heavy atom. The van der Waals surface area contributed by atoms with Gasteiger partial charge in [0.2, 0.25) is 5.78 Å². The smallest absolute Gasteiger partial charge is 0.294 e. The molecule has 9 nitrogen and oxygen atoms in total. The number of hydrogen-bond donors (Lipinski definition) is 0. The molecule has 0 N–H and O–H groups in total. The molecular weight excluding hydrogens is 390 g/mol. The minimum atomic E-state index is -2.28. The molecule has 2 aliphatic rings. The van der Waals surface area contributed by atoms with E-state index in [0.717, 1.165) is 0 Å². The van der Waals surface area contributed by atoms with Crippen LogP contribution in [0.2, 0.25) is 0 Å². The second-order valence-corrected chi connectivity index (χ2v) is 7.96. The summed E-state index contributed by atoms with van der Waals surface area (Å²) in [5.41, 5.74) is -3.81. The van der Waals surface area contributed by atoms with Crippen molar-refractivity contribution in [2.45, 2.75) is 17.5 Å². The number of piperidine rings is 1. The number of rotatable bonds is 5. The van der Waals surface area contributed by atoms with Crippen LogP contribution in [0.1, 0.15) is 32.7 Å². The highest BCUT2D eigenvalue weighted by Gasteiger charge is 2.77. The maximum absolute atomic E-state index is 13.4. The number of fused-ring (bicyclic) bond motifs is 4. The van der Waals surface area contributed by atoms with Crippen molar-refractivity contribution in [3.8, 4) is 0 Å². The van der Waals surface area contributed by atoms with E-state index in [-0.39, 0.29) is 24.2 Å². The van der Waals surface area contributed by atoms with Gasteiger partial charge in [0.1, 0.15) is 5.92 Å². The number of nitrogens with zero attached hydrogens (tertiary/aromatic N) is 3. The fourth-order valence-electron chi connectivity index (χ4n) is 5.11. The molecule has 1 heterocycles. The first-order chi connectivity index (χ1) is 14.2. The largest absolute Gasteiger partial charge is 0.306 e. The van der Waals surface area contributed by atoms with E-state index in [1.54, 1.807) is 36.4 Å². The van der Waals surface area contributed by atoms with E-state index in [1.165, 1.54) is 30.1 Å². The Morgan fingerprint density at radius 2 is 1.57 bits per heavy atom. The molecule has 9 heteroatoms. The second kappa shape index (κ2) is 6.81. The van der Waals surface area contributed by atoms with Crippen molar-refractivity contribution >= 4 is 11.6 Å². The van der Waals surface area contributed by atoms with Gasteiger partial charge in [0.15, 0.2) is 5.78 Å². The average molecular weight is 409 g/mol. The molecule has 3 atom stereocenters. The van der Waals surface area contributed by atoms with E-state index in [0.29, 0.717) is 5.56 Å². The molecule has 1 aliphatic heterocycles. The lowest BCUT2D eigenvalue weighted by Gasteiger charge is -2.50. The third-order valence-electron chi connectivity index (χ3n) is 6.34. The molecule has 0 unspecified atom stereocenters. The summed E-state index contributed by atoms with van der Waals surface area (Å²) in [6.07, 6.45) is -0.472. The zero-order chi connectivity index (χ0) is 21.7. The van der Waals surface area contributed by atoms with Gasteiger partial charge in [-0.1, -0.05) is 54.6 Å². The fourth-order valence-corrected chi connectivity index (χ4v) is 5.11. The van der Waals surface area contributed by atoms with Crippen LogP contribution in [0.15, 0.2) is 54.6 Å². The molecule has 0 amide bonds. The second-order valence-electron chi connectivity index (χ2n) is 7.96. The molecule has 0 spiro atoms. The van der Waals surface area contributed by atoms with Crippen molar-refractivity contribution in [1.29, 1.82) is 0 Å². The van der Waals surface area contributed by atoms with Crippen LogP contribution in [-0.4, -0.2) is 52.0 Å². The van der Waals surface area contributed by atoms with Crippen LogP contribution >= 0.6 is 0 Å². The number of likely N-dealkylation sites (tertiary alicyclic amines) is 1. The summed E-state index contributed by atoms with van der Waals surface area (Å²) >= 11 is 0. The summed E-state index contributed by atoms with van der Waals surface area (Å²) in [6.45, 7) is -0.428. The normalized spacial score (nSPS) is 27.9. The lowest BCUT2D eigenvalue weighted by atomic mass is 9.56. The standard InChI is InChI=1S/C21H19N3O6/c1-22-12-20(23(27)28)16-10-6-5-9-15(16)19(26)21(13-22,24(29)30)18(20)11-17(25)14-7-3-2-4-8-14/h2-10,18H,11-13H2,1H3/t18-,20+,21+/m1/s1. The summed E-state index contributed by atoms with van der Waals surface area (Å²) in [4.78, 5) is 51.5. The number of Topliss-reactive ketones (excluding diaryl/α,β-unsaturated/α-hetero) is 2. The van der Waals surface area contributed by atoms with E-state index < -0.39 is 44.8 Å². The quantitative estimate of drug-likeness (QED) is 0.421. The number of ketones is 2. The predicted octanol–water partition coefficient (Wildman–Crippen LogP) is 2.21. The van der Waals surface area contributed by atoms with Gasteiger partial charge < -0.3 is 0 Å². The number of carbonyl (C=O) groups excluding carboxylic acids is 2. The lowest BCUT2D eigenvalue weighted by molar-refractivity contribution is -0.639. The van der Waals surface area contributed by atoms with Crippen molar-refractivity contribution in [3.63, 3.8) is 0 Å². The molecule has 154 valence electrons. The average Bonchev–Trinajstić information content (AvgIpc) is 2.73.